The summed E-state index contributed by atoms with van der Waals surface area (Å²) in [5, 5.41) is 1.18. The van der Waals surface area contributed by atoms with Crippen LogP contribution in [0.1, 0.15) is 36.0 Å². The van der Waals surface area contributed by atoms with Crippen LogP contribution >= 0.6 is 15.9 Å². The van der Waals surface area contributed by atoms with Gasteiger partial charge in [-0.3, -0.25) is 0 Å². The largest absolute Gasteiger partial charge is 0.0922 e. The van der Waals surface area contributed by atoms with E-state index in [4.69, 9.17) is 0 Å². The molecule has 0 spiro atoms. The first kappa shape index (κ1) is 11.8. The maximum Gasteiger partial charge on any atom is 0.00913 e. The van der Waals surface area contributed by atoms with Gasteiger partial charge in [-0.25, -0.2) is 0 Å². The number of aryl methyl sites for hydroxylation is 2. The summed E-state index contributed by atoms with van der Waals surface area (Å²) < 4.78 is 0. The molecule has 2 fully saturated rings. The van der Waals surface area contributed by atoms with Gasteiger partial charge in [0.05, 0.1) is 0 Å². The van der Waals surface area contributed by atoms with Crippen LogP contribution in [0, 0.1) is 31.1 Å². The third-order valence-corrected chi connectivity index (χ3v) is 6.00. The van der Waals surface area contributed by atoms with Gasteiger partial charge in [-0.2, -0.15) is 0 Å². The Labute approximate surface area is 113 Å². The van der Waals surface area contributed by atoms with E-state index in [1.807, 2.05) is 0 Å². The molecule has 0 saturated heterocycles. The summed E-state index contributed by atoms with van der Waals surface area (Å²) in [6, 6.07) is 6.90. The molecule has 0 N–H and O–H groups in total. The lowest BCUT2D eigenvalue weighted by molar-refractivity contribution is 0.307. The fourth-order valence-electron chi connectivity index (χ4n) is 3.70. The Kier molecular flexibility index (Phi) is 2.85. The number of alkyl halides is 1. The van der Waals surface area contributed by atoms with E-state index in [0.717, 1.165) is 11.8 Å². The molecule has 2 atom stereocenters. The molecule has 1 aromatic carbocycles. The molecule has 0 aromatic heterocycles. The maximum absolute atomic E-state index is 3.78. The summed E-state index contributed by atoms with van der Waals surface area (Å²) in [6.07, 6.45) is 5.70. The first-order valence-corrected chi connectivity index (χ1v) is 7.86. The third kappa shape index (κ3) is 2.19. The standard InChI is InChI=1S/C16H21Br/c1-11-3-4-12(2)13(5-11)7-16(10-17)8-14-6-15(14)9-16/h3-5,14-15H,6-10H2,1-2H3. The lowest BCUT2D eigenvalue weighted by Crippen LogP contribution is -2.24. The van der Waals surface area contributed by atoms with Gasteiger partial charge in [-0.15, -0.1) is 0 Å². The smallest absolute Gasteiger partial charge is 0.00913 e. The van der Waals surface area contributed by atoms with Gasteiger partial charge in [0.15, 0.2) is 0 Å². The van der Waals surface area contributed by atoms with Crippen LogP contribution in [0.3, 0.4) is 0 Å². The molecule has 2 unspecified atom stereocenters. The highest BCUT2D eigenvalue weighted by Crippen LogP contribution is 2.61. The SMILES string of the molecule is Cc1ccc(C)c(CC2(CBr)CC3CC3C2)c1. The van der Waals surface area contributed by atoms with E-state index in [9.17, 15) is 0 Å². The monoisotopic (exact) mass is 292 g/mol. The van der Waals surface area contributed by atoms with E-state index < -0.39 is 0 Å². The summed E-state index contributed by atoms with van der Waals surface area (Å²) >= 11 is 3.78. The molecule has 92 valence electrons. The predicted octanol–water partition coefficient (Wildman–Crippen LogP) is 4.66. The van der Waals surface area contributed by atoms with Gasteiger partial charge in [0.25, 0.3) is 0 Å². The van der Waals surface area contributed by atoms with Gasteiger partial charge in [-0.05, 0) is 67.9 Å². The highest BCUT2D eigenvalue weighted by atomic mass is 79.9. The molecular weight excluding hydrogens is 272 g/mol. The van der Waals surface area contributed by atoms with E-state index in [0.29, 0.717) is 5.41 Å². The van der Waals surface area contributed by atoms with Gasteiger partial charge in [0.1, 0.15) is 0 Å². The van der Waals surface area contributed by atoms with Crippen molar-refractivity contribution in [3.05, 3.63) is 34.9 Å². The summed E-state index contributed by atoms with van der Waals surface area (Å²) in [4.78, 5) is 0. The topological polar surface area (TPSA) is 0 Å². The van der Waals surface area contributed by atoms with Crippen molar-refractivity contribution in [2.24, 2.45) is 17.3 Å². The Morgan fingerprint density at radius 3 is 2.59 bits per heavy atom. The van der Waals surface area contributed by atoms with Crippen LogP contribution in [0.25, 0.3) is 0 Å². The first-order chi connectivity index (χ1) is 8.12. The molecular formula is C16H21Br. The van der Waals surface area contributed by atoms with Crippen molar-refractivity contribution < 1.29 is 0 Å². The Balaban J connectivity index is 1.83. The van der Waals surface area contributed by atoms with Crippen LogP contribution in [0.15, 0.2) is 18.2 Å². The fraction of sp³-hybridized carbons (Fsp3) is 0.625. The highest BCUT2D eigenvalue weighted by molar-refractivity contribution is 9.09. The number of hydrogen-bond acceptors (Lipinski definition) is 0. The average Bonchev–Trinajstić information content (AvgIpc) is 2.92. The number of rotatable bonds is 3. The predicted molar refractivity (Wildman–Crippen MR) is 76.7 cm³/mol. The molecule has 2 aliphatic rings. The fourth-order valence-corrected chi connectivity index (χ4v) is 4.36. The molecule has 1 aromatic rings. The molecule has 0 amide bonds. The van der Waals surface area contributed by atoms with E-state index in [1.54, 1.807) is 5.56 Å². The van der Waals surface area contributed by atoms with Crippen LogP contribution < -0.4 is 0 Å². The van der Waals surface area contributed by atoms with Crippen LogP contribution in [0.2, 0.25) is 0 Å². The Bertz CT molecular complexity index is 425. The Hall–Kier alpha value is -0.300. The van der Waals surface area contributed by atoms with Crippen molar-refractivity contribution in [3.8, 4) is 0 Å². The zero-order chi connectivity index (χ0) is 12.0. The molecule has 1 heteroatoms. The molecule has 17 heavy (non-hydrogen) atoms. The van der Waals surface area contributed by atoms with Gasteiger partial charge in [-0.1, -0.05) is 39.7 Å². The van der Waals surface area contributed by atoms with Crippen molar-refractivity contribution in [2.45, 2.75) is 39.5 Å². The first-order valence-electron chi connectivity index (χ1n) is 6.74. The third-order valence-electron chi connectivity index (χ3n) is 4.81. The number of halogens is 1. The average molecular weight is 293 g/mol. The molecule has 0 heterocycles. The maximum atomic E-state index is 3.78. The minimum atomic E-state index is 0.562. The second-order valence-electron chi connectivity index (χ2n) is 6.40. The van der Waals surface area contributed by atoms with Crippen LogP contribution in [-0.2, 0) is 6.42 Å². The lowest BCUT2D eigenvalue weighted by Gasteiger charge is -2.29. The number of hydrogen-bond donors (Lipinski definition) is 0. The minimum absolute atomic E-state index is 0.562. The van der Waals surface area contributed by atoms with E-state index in [-0.39, 0.29) is 0 Å². The molecule has 0 nitrogen and oxygen atoms in total. The van der Waals surface area contributed by atoms with Gasteiger partial charge in [0, 0.05) is 5.33 Å². The van der Waals surface area contributed by atoms with Gasteiger partial charge >= 0.3 is 0 Å². The molecule has 3 rings (SSSR count). The van der Waals surface area contributed by atoms with Crippen LogP contribution in [0.4, 0.5) is 0 Å². The summed E-state index contributed by atoms with van der Waals surface area (Å²) in [5.74, 6) is 2.13. The van der Waals surface area contributed by atoms with Crippen molar-refractivity contribution in [3.63, 3.8) is 0 Å². The molecule has 2 saturated carbocycles. The quantitative estimate of drug-likeness (QED) is 0.711. The Morgan fingerprint density at radius 2 is 1.94 bits per heavy atom. The van der Waals surface area contributed by atoms with E-state index in [2.05, 4.69) is 48.0 Å². The van der Waals surface area contributed by atoms with Crippen LogP contribution in [-0.4, -0.2) is 5.33 Å². The van der Waals surface area contributed by atoms with Crippen molar-refractivity contribution in [1.82, 2.24) is 0 Å². The normalized spacial score (nSPS) is 34.8. The zero-order valence-electron chi connectivity index (χ0n) is 10.8. The van der Waals surface area contributed by atoms with E-state index >= 15 is 0 Å². The van der Waals surface area contributed by atoms with Crippen molar-refractivity contribution >= 4 is 15.9 Å². The van der Waals surface area contributed by atoms with E-state index in [1.165, 1.54) is 42.1 Å². The highest BCUT2D eigenvalue weighted by Gasteiger charge is 2.52. The minimum Gasteiger partial charge on any atom is -0.0922 e. The van der Waals surface area contributed by atoms with Gasteiger partial charge < -0.3 is 0 Å². The number of benzene rings is 1. The van der Waals surface area contributed by atoms with Crippen molar-refractivity contribution in [2.75, 3.05) is 5.33 Å². The summed E-state index contributed by atoms with van der Waals surface area (Å²) in [5.41, 5.74) is 5.01. The molecule has 0 radical (unpaired) electrons. The second-order valence-corrected chi connectivity index (χ2v) is 6.97. The zero-order valence-corrected chi connectivity index (χ0v) is 12.4. The number of fused-ring (bicyclic) bond motifs is 1. The van der Waals surface area contributed by atoms with Gasteiger partial charge in [0.2, 0.25) is 0 Å². The second kappa shape index (κ2) is 4.12. The lowest BCUT2D eigenvalue weighted by atomic mass is 9.78. The molecule has 2 aliphatic carbocycles. The molecule has 0 aliphatic heterocycles. The van der Waals surface area contributed by atoms with Crippen molar-refractivity contribution in [1.29, 1.82) is 0 Å². The Morgan fingerprint density at radius 1 is 1.24 bits per heavy atom. The summed E-state index contributed by atoms with van der Waals surface area (Å²) in [7, 11) is 0. The molecule has 0 bridgehead atoms. The summed E-state index contributed by atoms with van der Waals surface area (Å²) in [6.45, 7) is 4.46. The van der Waals surface area contributed by atoms with Crippen LogP contribution in [0.5, 0.6) is 0 Å².